The van der Waals surface area contributed by atoms with E-state index in [4.69, 9.17) is 23.2 Å². The largest absolute Gasteiger partial charge is 0.339 e. The molecule has 3 unspecified atom stereocenters. The summed E-state index contributed by atoms with van der Waals surface area (Å²) < 4.78 is 0. The number of piperazine rings is 1. The molecule has 6 rings (SSSR count). The Labute approximate surface area is 241 Å². The van der Waals surface area contributed by atoms with E-state index in [-0.39, 0.29) is 11.9 Å². The molecule has 1 N–H and O–H groups in total. The van der Waals surface area contributed by atoms with E-state index in [0.29, 0.717) is 42.5 Å². The van der Waals surface area contributed by atoms with Gasteiger partial charge in [-0.15, -0.1) is 11.6 Å². The molecule has 8 heteroatoms. The summed E-state index contributed by atoms with van der Waals surface area (Å²) in [5.74, 6) is 1.26. The Hall–Kier alpha value is -2.54. The van der Waals surface area contributed by atoms with Crippen LogP contribution in [0.15, 0.2) is 66.2 Å². The molecule has 1 saturated heterocycles. The van der Waals surface area contributed by atoms with Crippen LogP contribution in [0.3, 0.4) is 0 Å². The van der Waals surface area contributed by atoms with Crippen LogP contribution < -0.4 is 5.32 Å². The van der Waals surface area contributed by atoms with Crippen LogP contribution in [0, 0.1) is 17.3 Å². The van der Waals surface area contributed by atoms with E-state index in [1.54, 1.807) is 12.1 Å². The minimum atomic E-state index is -0.663. The lowest BCUT2D eigenvalue weighted by atomic mass is 9.49. The molecule has 0 spiro atoms. The lowest BCUT2D eigenvalue weighted by molar-refractivity contribution is -0.132. The summed E-state index contributed by atoms with van der Waals surface area (Å²) in [6.07, 6.45) is 4.70. The molecule has 208 valence electrons. The average molecular weight is 570 g/mol. The van der Waals surface area contributed by atoms with Gasteiger partial charge in [-0.25, -0.2) is 4.79 Å². The molecule has 39 heavy (non-hydrogen) atoms. The maximum Gasteiger partial charge on any atom is 0.322 e. The molecule has 2 bridgehead atoms. The Balaban J connectivity index is 1.18. The first-order valence-corrected chi connectivity index (χ1v) is 14.7. The summed E-state index contributed by atoms with van der Waals surface area (Å²) >= 11 is 12.5. The van der Waals surface area contributed by atoms with Gasteiger partial charge in [-0.2, -0.15) is 0 Å². The van der Waals surface area contributed by atoms with Crippen molar-refractivity contribution in [1.29, 1.82) is 0 Å². The highest BCUT2D eigenvalue weighted by atomic mass is 35.5. The molecule has 2 aromatic carbocycles. The van der Waals surface area contributed by atoms with Crippen LogP contribution in [-0.2, 0) is 4.79 Å². The molecule has 3 aliphatic carbocycles. The summed E-state index contributed by atoms with van der Waals surface area (Å²) in [6, 6.07) is 16.6. The van der Waals surface area contributed by atoms with Crippen molar-refractivity contribution >= 4 is 40.8 Å². The summed E-state index contributed by atoms with van der Waals surface area (Å²) in [5.41, 5.74) is 3.26. The number of carbonyl (C=O) groups excluding carboxylic acids is 2. The van der Waals surface area contributed by atoms with E-state index in [1.165, 1.54) is 12.0 Å². The molecule has 1 heterocycles. The lowest BCUT2D eigenvalue weighted by Gasteiger charge is -2.57. The average Bonchev–Trinajstić information content (AvgIpc) is 2.96. The molecular weight excluding hydrogens is 531 g/mol. The maximum absolute atomic E-state index is 13.4. The van der Waals surface area contributed by atoms with E-state index < -0.39 is 5.38 Å². The zero-order chi connectivity index (χ0) is 27.6. The van der Waals surface area contributed by atoms with Gasteiger partial charge in [0.2, 0.25) is 5.91 Å². The highest BCUT2D eigenvalue weighted by Crippen LogP contribution is 2.59. The van der Waals surface area contributed by atoms with Gasteiger partial charge in [0.15, 0.2) is 0 Å². The number of carbonyl (C=O) groups is 2. The topological polar surface area (TPSA) is 55.9 Å². The predicted octanol–water partition coefficient (Wildman–Crippen LogP) is 6.29. The van der Waals surface area contributed by atoms with Crippen LogP contribution >= 0.6 is 23.2 Å². The number of nitrogens with one attached hydrogen (secondary N) is 1. The quantitative estimate of drug-likeness (QED) is 0.300. The first kappa shape index (κ1) is 28.0. The highest BCUT2D eigenvalue weighted by molar-refractivity contribution is 6.31. The van der Waals surface area contributed by atoms with Gasteiger partial charge in [-0.1, -0.05) is 67.4 Å². The fourth-order valence-corrected chi connectivity index (χ4v) is 6.65. The van der Waals surface area contributed by atoms with Crippen molar-refractivity contribution < 1.29 is 9.59 Å². The van der Waals surface area contributed by atoms with Crippen LogP contribution in [0.2, 0.25) is 5.02 Å². The molecule has 2 aromatic rings. The Morgan fingerprint density at radius 2 is 1.74 bits per heavy atom. The van der Waals surface area contributed by atoms with Crippen molar-refractivity contribution in [3.05, 3.63) is 76.8 Å². The third-order valence-corrected chi connectivity index (χ3v) is 9.71. The first-order valence-electron chi connectivity index (χ1n) is 13.9. The van der Waals surface area contributed by atoms with Gasteiger partial charge >= 0.3 is 6.03 Å². The second-order valence-electron chi connectivity index (χ2n) is 11.6. The van der Waals surface area contributed by atoms with E-state index >= 15 is 0 Å². The molecule has 6 nitrogen and oxygen atoms in total. The number of urea groups is 1. The smallest absolute Gasteiger partial charge is 0.322 e. The number of hydrogen-bond donors (Lipinski definition) is 1. The number of amides is 3. The second kappa shape index (κ2) is 11.9. The van der Waals surface area contributed by atoms with Gasteiger partial charge in [0, 0.05) is 56.5 Å². The van der Waals surface area contributed by atoms with Crippen molar-refractivity contribution in [2.45, 2.75) is 32.1 Å². The molecule has 3 atom stereocenters. The standard InChI is InChI=1S/C31H38Cl2N4O2/c1-31(2)24-9-8-23(27(31)20-24)21-37(30(39)34-26-12-10-25(32)11-13-26)19-16-35-14-17-36(18-15-35)29(38)28(33)22-6-4-3-5-7-22/h3-8,10-13,24,27-28H,9,14-21H2,1-2H3,(H,34,39). The summed E-state index contributed by atoms with van der Waals surface area (Å²) in [7, 11) is 0. The Kier molecular flexibility index (Phi) is 8.55. The lowest BCUT2D eigenvalue weighted by Crippen LogP contribution is -2.53. The van der Waals surface area contributed by atoms with Crippen molar-refractivity contribution in [2.24, 2.45) is 17.3 Å². The van der Waals surface area contributed by atoms with Crippen molar-refractivity contribution in [2.75, 3.05) is 51.1 Å². The molecule has 0 radical (unpaired) electrons. The van der Waals surface area contributed by atoms with Crippen molar-refractivity contribution in [1.82, 2.24) is 14.7 Å². The van der Waals surface area contributed by atoms with Crippen LogP contribution in [0.25, 0.3) is 0 Å². The van der Waals surface area contributed by atoms with E-state index in [0.717, 1.165) is 43.2 Å². The number of halogens is 2. The van der Waals surface area contributed by atoms with Crippen LogP contribution in [0.1, 0.15) is 37.6 Å². The number of rotatable bonds is 8. The van der Waals surface area contributed by atoms with Crippen LogP contribution in [0.4, 0.5) is 10.5 Å². The maximum atomic E-state index is 13.4. The van der Waals surface area contributed by atoms with Gasteiger partial charge in [-0.05, 0) is 59.9 Å². The Bertz CT molecular complexity index is 1190. The van der Waals surface area contributed by atoms with E-state index in [9.17, 15) is 9.59 Å². The van der Waals surface area contributed by atoms with E-state index in [2.05, 4.69) is 30.1 Å². The predicted molar refractivity (Wildman–Crippen MR) is 158 cm³/mol. The highest BCUT2D eigenvalue weighted by Gasteiger charge is 2.51. The third kappa shape index (κ3) is 6.29. The monoisotopic (exact) mass is 568 g/mol. The van der Waals surface area contributed by atoms with Gasteiger partial charge in [-0.3, -0.25) is 9.69 Å². The number of nitrogens with zero attached hydrogens (tertiary/aromatic N) is 3. The molecule has 1 saturated carbocycles. The first-order chi connectivity index (χ1) is 18.7. The molecule has 1 aliphatic heterocycles. The van der Waals surface area contributed by atoms with Crippen LogP contribution in [0.5, 0.6) is 0 Å². The normalized spacial score (nSPS) is 22.9. The van der Waals surface area contributed by atoms with Crippen molar-refractivity contribution in [3.63, 3.8) is 0 Å². The molecular formula is C31H38Cl2N4O2. The SMILES string of the molecule is CC1(C)C2CC=C(CN(CCN3CCN(C(=O)C(Cl)c4ccccc4)CC3)C(=O)Nc3ccc(Cl)cc3)C1C2. The summed E-state index contributed by atoms with van der Waals surface area (Å²) in [4.78, 5) is 32.5. The zero-order valence-electron chi connectivity index (χ0n) is 22.8. The molecule has 4 aliphatic rings. The fraction of sp³-hybridized carbons (Fsp3) is 0.484. The number of anilines is 1. The number of fused-ring (bicyclic) bond motifs is 1. The van der Waals surface area contributed by atoms with Gasteiger partial charge in [0.05, 0.1) is 0 Å². The number of alkyl halides is 1. The summed E-state index contributed by atoms with van der Waals surface area (Å²) in [5, 5.41) is 3.04. The Morgan fingerprint density at radius 3 is 2.38 bits per heavy atom. The fourth-order valence-electron chi connectivity index (χ4n) is 6.24. The Morgan fingerprint density at radius 1 is 1.05 bits per heavy atom. The minimum absolute atomic E-state index is 0.0443. The third-order valence-electron chi connectivity index (χ3n) is 9.02. The minimum Gasteiger partial charge on any atom is -0.339 e. The number of benzene rings is 2. The van der Waals surface area contributed by atoms with Gasteiger partial charge in [0.1, 0.15) is 5.38 Å². The number of hydrogen-bond acceptors (Lipinski definition) is 3. The van der Waals surface area contributed by atoms with Crippen LogP contribution in [-0.4, -0.2) is 72.5 Å². The molecule has 2 fully saturated rings. The van der Waals surface area contributed by atoms with E-state index in [1.807, 2.05) is 52.3 Å². The zero-order valence-corrected chi connectivity index (χ0v) is 24.3. The molecule has 3 amide bonds. The van der Waals surface area contributed by atoms with Crippen molar-refractivity contribution in [3.8, 4) is 0 Å². The van der Waals surface area contributed by atoms with Gasteiger partial charge < -0.3 is 15.1 Å². The summed E-state index contributed by atoms with van der Waals surface area (Å²) in [6.45, 7) is 9.52. The second-order valence-corrected chi connectivity index (χ2v) is 12.5. The van der Waals surface area contributed by atoms with Gasteiger partial charge in [0.25, 0.3) is 0 Å². The molecule has 0 aromatic heterocycles. The number of allylic oxidation sites excluding steroid dienone is 1.